The molecule has 41 heavy (non-hydrogen) atoms. The van der Waals surface area contributed by atoms with Gasteiger partial charge >= 0.3 is 0 Å². The van der Waals surface area contributed by atoms with E-state index in [-0.39, 0.29) is 29.5 Å². The third kappa shape index (κ3) is 4.50. The van der Waals surface area contributed by atoms with Crippen LogP contribution < -0.4 is 0 Å². The second-order valence-corrected chi connectivity index (χ2v) is 10.7. The van der Waals surface area contributed by atoms with Crippen LogP contribution in [0.25, 0.3) is 11.3 Å². The Bertz CT molecular complexity index is 1750. The molecule has 5 aromatic carbocycles. The quantitative estimate of drug-likeness (QED) is 0.219. The Morgan fingerprint density at radius 3 is 1.56 bits per heavy atom. The van der Waals surface area contributed by atoms with Crippen LogP contribution in [0, 0.1) is 5.92 Å². The maximum absolute atomic E-state index is 14.9. The fourth-order valence-corrected chi connectivity index (χ4v) is 6.76. The molecule has 1 N–H and O–H groups in total. The van der Waals surface area contributed by atoms with E-state index in [0.717, 1.165) is 39.2 Å². The standard InChI is InChI=1S/C38H30N2O/c41-38(30-24-14-5-15-25-30)34-31(26-16-6-1-7-17-26)33(28-20-10-3-11-21-28)37-35(32(34)27-18-8-2-9-19-27)36(39-40-37)29-22-12-4-13-23-29/h1-25,31-34H,(H,39,40)/t31-,32-,33-,34+/m1/s1. The molecule has 7 rings (SSSR count). The first-order chi connectivity index (χ1) is 20.3. The van der Waals surface area contributed by atoms with E-state index in [0.29, 0.717) is 0 Å². The molecule has 1 aliphatic carbocycles. The number of Topliss-reactive ketones (excluding diaryl/α,β-unsaturated/α-hetero) is 1. The Morgan fingerprint density at radius 1 is 0.537 bits per heavy atom. The molecule has 0 aliphatic heterocycles. The molecule has 0 spiro atoms. The average Bonchev–Trinajstić information content (AvgIpc) is 3.50. The molecule has 0 saturated heterocycles. The van der Waals surface area contributed by atoms with Crippen molar-refractivity contribution in [2.45, 2.75) is 17.8 Å². The number of H-pyrrole nitrogens is 1. The van der Waals surface area contributed by atoms with Gasteiger partial charge in [0.15, 0.2) is 5.78 Å². The second-order valence-electron chi connectivity index (χ2n) is 10.7. The topological polar surface area (TPSA) is 45.8 Å². The molecule has 1 aliphatic rings. The molecule has 0 bridgehead atoms. The number of nitrogens with one attached hydrogen (secondary N) is 1. The van der Waals surface area contributed by atoms with Gasteiger partial charge in [-0.1, -0.05) is 152 Å². The number of rotatable bonds is 6. The first-order valence-electron chi connectivity index (χ1n) is 14.2. The highest BCUT2D eigenvalue weighted by Crippen LogP contribution is 2.57. The minimum atomic E-state index is -0.361. The van der Waals surface area contributed by atoms with Crippen LogP contribution in [0.3, 0.4) is 0 Å². The summed E-state index contributed by atoms with van der Waals surface area (Å²) in [5.41, 5.74) is 8.32. The van der Waals surface area contributed by atoms with Gasteiger partial charge < -0.3 is 0 Å². The van der Waals surface area contributed by atoms with Crippen LogP contribution in [-0.2, 0) is 0 Å². The maximum atomic E-state index is 14.9. The van der Waals surface area contributed by atoms with E-state index in [1.807, 2.05) is 66.7 Å². The van der Waals surface area contributed by atoms with Gasteiger partial charge in [-0.2, -0.15) is 5.10 Å². The van der Waals surface area contributed by atoms with Crippen LogP contribution in [0.4, 0.5) is 0 Å². The van der Waals surface area contributed by atoms with Gasteiger partial charge in [0.25, 0.3) is 0 Å². The second kappa shape index (κ2) is 10.9. The summed E-state index contributed by atoms with van der Waals surface area (Å²) in [7, 11) is 0. The van der Waals surface area contributed by atoms with Gasteiger partial charge in [-0.3, -0.25) is 9.89 Å². The molecule has 3 nitrogen and oxygen atoms in total. The van der Waals surface area contributed by atoms with E-state index < -0.39 is 0 Å². The molecule has 1 aromatic heterocycles. The van der Waals surface area contributed by atoms with Crippen molar-refractivity contribution in [2.75, 3.05) is 0 Å². The van der Waals surface area contributed by atoms with Gasteiger partial charge in [0.2, 0.25) is 0 Å². The van der Waals surface area contributed by atoms with Crippen molar-refractivity contribution in [3.63, 3.8) is 0 Å². The summed E-state index contributed by atoms with van der Waals surface area (Å²) in [5, 5.41) is 8.49. The van der Waals surface area contributed by atoms with Crippen molar-refractivity contribution >= 4 is 5.78 Å². The number of carbonyl (C=O) groups is 1. The zero-order chi connectivity index (χ0) is 27.6. The minimum absolute atomic E-state index is 0.0869. The first kappa shape index (κ1) is 25.0. The Labute approximate surface area is 240 Å². The molecule has 4 atom stereocenters. The van der Waals surface area contributed by atoms with Gasteiger partial charge in [-0.25, -0.2) is 0 Å². The molecule has 1 heterocycles. The van der Waals surface area contributed by atoms with Crippen LogP contribution >= 0.6 is 0 Å². The minimum Gasteiger partial charge on any atom is -0.294 e. The molecular formula is C38H30N2O. The van der Waals surface area contributed by atoms with Crippen LogP contribution in [-0.4, -0.2) is 16.0 Å². The third-order valence-corrected chi connectivity index (χ3v) is 8.47. The fraction of sp³-hybridized carbons (Fsp3) is 0.105. The molecule has 3 heteroatoms. The average molecular weight is 531 g/mol. The van der Waals surface area contributed by atoms with Crippen molar-refractivity contribution in [1.82, 2.24) is 10.2 Å². The SMILES string of the molecule is O=C(c1ccccc1)[C@@H]1[C@@H](c2ccccc2)c2c(-c3ccccc3)n[nH]c2[C@H](c2ccccc2)[C@H]1c1ccccc1. The van der Waals surface area contributed by atoms with Gasteiger partial charge in [0.1, 0.15) is 0 Å². The summed E-state index contributed by atoms with van der Waals surface area (Å²) in [5.74, 6) is -0.609. The molecular weight excluding hydrogens is 500 g/mol. The van der Waals surface area contributed by atoms with Gasteiger partial charge in [-0.05, 0) is 16.7 Å². The van der Waals surface area contributed by atoms with Gasteiger partial charge in [0.05, 0.1) is 5.69 Å². The summed E-state index contributed by atoms with van der Waals surface area (Å²) in [6, 6.07) is 51.7. The maximum Gasteiger partial charge on any atom is 0.167 e. The lowest BCUT2D eigenvalue weighted by atomic mass is 9.58. The number of aromatic nitrogens is 2. The number of aromatic amines is 1. The van der Waals surface area contributed by atoms with E-state index in [9.17, 15) is 4.79 Å². The molecule has 0 radical (unpaired) electrons. The van der Waals surface area contributed by atoms with E-state index in [2.05, 4.69) is 90.0 Å². The van der Waals surface area contributed by atoms with Crippen molar-refractivity contribution in [3.8, 4) is 11.3 Å². The van der Waals surface area contributed by atoms with Crippen molar-refractivity contribution in [2.24, 2.45) is 5.92 Å². The Balaban J connectivity index is 1.57. The summed E-state index contributed by atoms with van der Waals surface area (Å²) < 4.78 is 0. The number of carbonyl (C=O) groups excluding carboxylic acids is 1. The molecule has 0 unspecified atom stereocenters. The summed E-state index contributed by atoms with van der Waals surface area (Å²) >= 11 is 0. The molecule has 198 valence electrons. The molecule has 0 saturated carbocycles. The fourth-order valence-electron chi connectivity index (χ4n) is 6.76. The number of benzene rings is 5. The number of ketones is 1. The third-order valence-electron chi connectivity index (χ3n) is 8.47. The highest BCUT2D eigenvalue weighted by molar-refractivity contribution is 6.00. The number of fused-ring (bicyclic) bond motifs is 1. The predicted octanol–water partition coefficient (Wildman–Crippen LogP) is 8.64. The van der Waals surface area contributed by atoms with Crippen molar-refractivity contribution in [1.29, 1.82) is 0 Å². The number of nitrogens with zero attached hydrogens (tertiary/aromatic N) is 1. The Hall–Kier alpha value is -5.02. The van der Waals surface area contributed by atoms with Crippen LogP contribution in [0.2, 0.25) is 0 Å². The van der Waals surface area contributed by atoms with Crippen LogP contribution in [0.5, 0.6) is 0 Å². The zero-order valence-corrected chi connectivity index (χ0v) is 22.6. The lowest BCUT2D eigenvalue weighted by molar-refractivity contribution is 0.0870. The Morgan fingerprint density at radius 2 is 1.00 bits per heavy atom. The van der Waals surface area contributed by atoms with E-state index in [1.54, 1.807) is 0 Å². The zero-order valence-electron chi connectivity index (χ0n) is 22.6. The normalized spacial score (nSPS) is 19.8. The van der Waals surface area contributed by atoms with Crippen molar-refractivity contribution < 1.29 is 4.79 Å². The van der Waals surface area contributed by atoms with Crippen molar-refractivity contribution in [3.05, 3.63) is 185 Å². The highest BCUT2D eigenvalue weighted by Gasteiger charge is 2.50. The van der Waals surface area contributed by atoms with Gasteiger partial charge in [0, 0.05) is 46.1 Å². The molecule has 0 fully saturated rings. The van der Waals surface area contributed by atoms with Crippen LogP contribution in [0.1, 0.15) is 56.1 Å². The lowest BCUT2D eigenvalue weighted by Crippen LogP contribution is -2.38. The van der Waals surface area contributed by atoms with E-state index in [1.165, 1.54) is 5.56 Å². The molecule has 6 aromatic rings. The monoisotopic (exact) mass is 530 g/mol. The molecule has 0 amide bonds. The highest BCUT2D eigenvalue weighted by atomic mass is 16.1. The Kier molecular flexibility index (Phi) is 6.62. The van der Waals surface area contributed by atoms with Crippen LogP contribution in [0.15, 0.2) is 152 Å². The smallest absolute Gasteiger partial charge is 0.167 e. The first-order valence-corrected chi connectivity index (χ1v) is 14.2. The summed E-state index contributed by atoms with van der Waals surface area (Å²) in [6.07, 6.45) is 0. The summed E-state index contributed by atoms with van der Waals surface area (Å²) in [4.78, 5) is 14.9. The largest absolute Gasteiger partial charge is 0.294 e. The van der Waals surface area contributed by atoms with E-state index >= 15 is 0 Å². The number of hydrogen-bond donors (Lipinski definition) is 1. The van der Waals surface area contributed by atoms with Gasteiger partial charge in [-0.15, -0.1) is 0 Å². The summed E-state index contributed by atoms with van der Waals surface area (Å²) in [6.45, 7) is 0. The lowest BCUT2D eigenvalue weighted by Gasteiger charge is -2.43. The number of hydrogen-bond acceptors (Lipinski definition) is 2. The van der Waals surface area contributed by atoms with E-state index in [4.69, 9.17) is 5.10 Å². The predicted molar refractivity (Wildman–Crippen MR) is 164 cm³/mol.